The smallest absolute Gasteiger partial charge is 0.338 e. The van der Waals surface area contributed by atoms with E-state index in [4.69, 9.17) is 37.4 Å². The predicted octanol–water partition coefficient (Wildman–Crippen LogP) is 7.61. The number of nitro benzene ring substituents is 1. The summed E-state index contributed by atoms with van der Waals surface area (Å²) in [7, 11) is 0. The van der Waals surface area contributed by atoms with Crippen LogP contribution in [0.3, 0.4) is 0 Å². The Balaban J connectivity index is 1.19. The summed E-state index contributed by atoms with van der Waals surface area (Å²) in [6, 6.07) is 20.2. The van der Waals surface area contributed by atoms with E-state index in [1.54, 1.807) is 54.6 Å². The second-order valence-electron chi connectivity index (χ2n) is 8.47. The number of carbonyl (C=O) groups is 2. The molecule has 9 nitrogen and oxygen atoms in total. The number of aromatic nitrogens is 1. The number of hydrogen-bond donors (Lipinski definition) is 0. The standard InChI is InChI=1S/C30H22Cl2N2O7/c31-23-7-13-28(26(32)19-23)41-29-18-22(14-15-33-29)30(36)40-17-1-16-39-25-10-5-21(6-11-25)27(35)12-4-20-2-8-24(9-3-20)34(37)38/h2-15,18-19H,1,16-17H2/b12-4+. The molecular weight excluding hydrogens is 571 g/mol. The molecule has 0 bridgehead atoms. The Morgan fingerprint density at radius 3 is 2.37 bits per heavy atom. The van der Waals surface area contributed by atoms with E-state index in [0.717, 1.165) is 0 Å². The topological polar surface area (TPSA) is 118 Å². The van der Waals surface area contributed by atoms with Crippen molar-refractivity contribution in [2.24, 2.45) is 0 Å². The number of halogens is 2. The van der Waals surface area contributed by atoms with Gasteiger partial charge >= 0.3 is 5.97 Å². The van der Waals surface area contributed by atoms with Crippen LogP contribution in [0.25, 0.3) is 6.08 Å². The fourth-order valence-corrected chi connectivity index (χ4v) is 3.90. The fraction of sp³-hybridized carbons (Fsp3) is 0.100. The number of rotatable bonds is 12. The maximum atomic E-state index is 12.4. The summed E-state index contributed by atoms with van der Waals surface area (Å²) in [5, 5.41) is 11.5. The largest absolute Gasteiger partial charge is 0.493 e. The molecule has 0 aliphatic rings. The average Bonchev–Trinajstić information content (AvgIpc) is 2.97. The number of carbonyl (C=O) groups excluding carboxylic acids is 2. The summed E-state index contributed by atoms with van der Waals surface area (Å²) >= 11 is 12.0. The van der Waals surface area contributed by atoms with Crippen molar-refractivity contribution >= 4 is 46.7 Å². The van der Waals surface area contributed by atoms with Gasteiger partial charge in [-0.15, -0.1) is 0 Å². The third-order valence-electron chi connectivity index (χ3n) is 5.54. The molecule has 11 heteroatoms. The van der Waals surface area contributed by atoms with Gasteiger partial charge in [-0.3, -0.25) is 14.9 Å². The van der Waals surface area contributed by atoms with Crippen LogP contribution < -0.4 is 9.47 Å². The molecule has 0 spiro atoms. The Bertz CT molecular complexity index is 1570. The number of benzene rings is 3. The van der Waals surface area contributed by atoms with Crippen LogP contribution in [0.5, 0.6) is 17.4 Å². The van der Waals surface area contributed by atoms with Gasteiger partial charge in [0.15, 0.2) is 5.78 Å². The molecule has 208 valence electrons. The highest BCUT2D eigenvalue weighted by Crippen LogP contribution is 2.31. The van der Waals surface area contributed by atoms with Gasteiger partial charge in [-0.1, -0.05) is 29.3 Å². The van der Waals surface area contributed by atoms with Gasteiger partial charge in [-0.25, -0.2) is 9.78 Å². The van der Waals surface area contributed by atoms with Gasteiger partial charge in [0.05, 0.1) is 28.7 Å². The van der Waals surface area contributed by atoms with E-state index in [1.165, 1.54) is 42.6 Å². The van der Waals surface area contributed by atoms with Crippen LogP contribution in [0.2, 0.25) is 10.0 Å². The highest BCUT2D eigenvalue weighted by Gasteiger charge is 2.11. The molecule has 0 aliphatic heterocycles. The van der Waals surface area contributed by atoms with Gasteiger partial charge in [-0.05, 0) is 72.3 Å². The van der Waals surface area contributed by atoms with Gasteiger partial charge in [0, 0.05) is 41.4 Å². The van der Waals surface area contributed by atoms with E-state index in [2.05, 4.69) is 4.98 Å². The van der Waals surface area contributed by atoms with Gasteiger partial charge in [0.1, 0.15) is 11.5 Å². The Morgan fingerprint density at radius 1 is 0.902 bits per heavy atom. The fourth-order valence-electron chi connectivity index (χ4n) is 3.45. The molecule has 0 N–H and O–H groups in total. The highest BCUT2D eigenvalue weighted by atomic mass is 35.5. The summed E-state index contributed by atoms with van der Waals surface area (Å²) in [5.41, 5.74) is 1.38. The molecule has 41 heavy (non-hydrogen) atoms. The first-order valence-electron chi connectivity index (χ1n) is 12.2. The number of nitro groups is 1. The molecular formula is C30H22Cl2N2O7. The lowest BCUT2D eigenvalue weighted by Gasteiger charge is -2.09. The van der Waals surface area contributed by atoms with Crippen LogP contribution in [0, 0.1) is 10.1 Å². The molecule has 0 aliphatic carbocycles. The Labute approximate surface area is 245 Å². The number of ether oxygens (including phenoxy) is 3. The molecule has 4 rings (SSSR count). The van der Waals surface area contributed by atoms with Crippen molar-refractivity contribution in [1.29, 1.82) is 0 Å². The van der Waals surface area contributed by atoms with E-state index in [1.807, 2.05) is 0 Å². The first-order chi connectivity index (χ1) is 19.8. The zero-order chi connectivity index (χ0) is 29.2. The molecule has 0 fully saturated rings. The first kappa shape index (κ1) is 29.3. The average molecular weight is 593 g/mol. The number of esters is 1. The summed E-state index contributed by atoms with van der Waals surface area (Å²) in [6.45, 7) is 0.421. The van der Waals surface area contributed by atoms with Crippen molar-refractivity contribution in [3.05, 3.63) is 128 Å². The molecule has 0 saturated carbocycles. The van der Waals surface area contributed by atoms with Gasteiger partial charge in [0.25, 0.3) is 5.69 Å². The van der Waals surface area contributed by atoms with Gasteiger partial charge < -0.3 is 14.2 Å². The summed E-state index contributed by atoms with van der Waals surface area (Å²) in [4.78, 5) is 39.2. The summed E-state index contributed by atoms with van der Waals surface area (Å²) in [6.07, 6.45) is 4.86. The van der Waals surface area contributed by atoms with Crippen LogP contribution in [0.15, 0.2) is 91.1 Å². The Kier molecular flexibility index (Phi) is 10.0. The van der Waals surface area contributed by atoms with E-state index >= 15 is 0 Å². The number of pyridine rings is 1. The monoisotopic (exact) mass is 592 g/mol. The minimum Gasteiger partial charge on any atom is -0.493 e. The first-order valence-corrected chi connectivity index (χ1v) is 13.0. The summed E-state index contributed by atoms with van der Waals surface area (Å²) < 4.78 is 16.6. The molecule has 1 heterocycles. The zero-order valence-electron chi connectivity index (χ0n) is 21.4. The molecule has 0 saturated heterocycles. The molecule has 3 aromatic carbocycles. The number of non-ortho nitro benzene ring substituents is 1. The van der Waals surface area contributed by atoms with E-state index < -0.39 is 10.9 Å². The van der Waals surface area contributed by atoms with Crippen LogP contribution in [0.4, 0.5) is 5.69 Å². The van der Waals surface area contributed by atoms with Gasteiger partial charge in [-0.2, -0.15) is 0 Å². The van der Waals surface area contributed by atoms with E-state index in [0.29, 0.717) is 45.7 Å². The second kappa shape index (κ2) is 14.1. The third-order valence-corrected chi connectivity index (χ3v) is 6.07. The molecule has 4 aromatic rings. The second-order valence-corrected chi connectivity index (χ2v) is 9.31. The normalized spacial score (nSPS) is 10.8. The number of nitrogens with zero attached hydrogens (tertiary/aromatic N) is 2. The van der Waals surface area contributed by atoms with Crippen LogP contribution in [0.1, 0.15) is 32.7 Å². The van der Waals surface area contributed by atoms with Crippen molar-refractivity contribution in [2.75, 3.05) is 13.2 Å². The van der Waals surface area contributed by atoms with Crippen LogP contribution in [-0.4, -0.2) is 34.9 Å². The highest BCUT2D eigenvalue weighted by molar-refractivity contribution is 6.35. The lowest BCUT2D eigenvalue weighted by molar-refractivity contribution is -0.384. The molecule has 0 atom stereocenters. The van der Waals surface area contributed by atoms with E-state index in [-0.39, 0.29) is 29.5 Å². The maximum Gasteiger partial charge on any atom is 0.338 e. The lowest BCUT2D eigenvalue weighted by Crippen LogP contribution is -2.09. The predicted molar refractivity (Wildman–Crippen MR) is 154 cm³/mol. The van der Waals surface area contributed by atoms with Crippen molar-refractivity contribution in [3.8, 4) is 17.4 Å². The van der Waals surface area contributed by atoms with Crippen molar-refractivity contribution in [2.45, 2.75) is 6.42 Å². The molecule has 0 unspecified atom stereocenters. The zero-order valence-corrected chi connectivity index (χ0v) is 22.9. The SMILES string of the molecule is O=C(/C=C/c1ccc([N+](=O)[O-])cc1)c1ccc(OCCCOC(=O)c2ccnc(Oc3ccc(Cl)cc3Cl)c2)cc1. The number of ketones is 1. The molecule has 0 radical (unpaired) electrons. The quantitative estimate of drug-likeness (QED) is 0.0411. The summed E-state index contributed by atoms with van der Waals surface area (Å²) in [5.74, 6) is 0.328. The van der Waals surface area contributed by atoms with Gasteiger partial charge in [0.2, 0.25) is 5.88 Å². The lowest BCUT2D eigenvalue weighted by atomic mass is 10.1. The van der Waals surface area contributed by atoms with Crippen molar-refractivity contribution in [3.63, 3.8) is 0 Å². The minimum absolute atomic E-state index is 0.0167. The maximum absolute atomic E-state index is 12.4. The minimum atomic E-state index is -0.538. The number of allylic oxidation sites excluding steroid dienone is 1. The van der Waals surface area contributed by atoms with Crippen LogP contribution >= 0.6 is 23.2 Å². The molecule has 1 aromatic heterocycles. The van der Waals surface area contributed by atoms with Crippen LogP contribution in [-0.2, 0) is 4.74 Å². The Morgan fingerprint density at radius 2 is 1.66 bits per heavy atom. The Hall–Kier alpha value is -4.73. The third kappa shape index (κ3) is 8.63. The number of hydrogen-bond acceptors (Lipinski definition) is 8. The van der Waals surface area contributed by atoms with Crippen molar-refractivity contribution < 1.29 is 28.7 Å². The van der Waals surface area contributed by atoms with E-state index in [9.17, 15) is 19.7 Å². The molecule has 0 amide bonds. The van der Waals surface area contributed by atoms with Crippen molar-refractivity contribution in [1.82, 2.24) is 4.98 Å².